The molecule has 0 bridgehead atoms. The second-order valence-corrected chi connectivity index (χ2v) is 7.31. The van der Waals surface area contributed by atoms with Crippen LogP contribution in [-0.2, 0) is 15.8 Å². The highest BCUT2D eigenvalue weighted by Gasteiger charge is 2.19. The maximum Gasteiger partial charge on any atom is 0.216 e. The summed E-state index contributed by atoms with van der Waals surface area (Å²) in [5.41, 5.74) is 2.72. The van der Waals surface area contributed by atoms with Crippen LogP contribution in [0.2, 0.25) is 0 Å². The van der Waals surface area contributed by atoms with Crippen LogP contribution in [0.15, 0.2) is 48.5 Å². The Kier molecular flexibility index (Phi) is 5.80. The van der Waals surface area contributed by atoms with Crippen LogP contribution in [-0.4, -0.2) is 15.5 Å². The molecule has 0 aliphatic heterocycles. The molecule has 0 fully saturated rings. The van der Waals surface area contributed by atoms with Crippen LogP contribution in [0, 0.1) is 6.92 Å². The first-order valence-corrected chi connectivity index (χ1v) is 9.29. The Hall–Kier alpha value is -1.85. The Labute approximate surface area is 138 Å². The van der Waals surface area contributed by atoms with Crippen molar-refractivity contribution in [1.29, 1.82) is 0 Å². The summed E-state index contributed by atoms with van der Waals surface area (Å²) in [7, 11) is -1.78. The number of rotatable bonds is 7. The van der Waals surface area contributed by atoms with Gasteiger partial charge >= 0.3 is 0 Å². The average molecular weight is 333 g/mol. The second kappa shape index (κ2) is 7.62. The fourth-order valence-electron chi connectivity index (χ4n) is 2.56. The van der Waals surface area contributed by atoms with Crippen molar-refractivity contribution in [3.05, 3.63) is 65.2 Å². The Bertz CT molecular complexity index is 742. The van der Waals surface area contributed by atoms with Gasteiger partial charge in [0.05, 0.1) is 12.9 Å². The number of hydrogen-bond donors (Lipinski definition) is 1. The number of hydrogen-bond acceptors (Lipinski definition) is 3. The predicted molar refractivity (Wildman–Crippen MR) is 93.0 cm³/mol. The summed E-state index contributed by atoms with van der Waals surface area (Å²) in [6.07, 6.45) is 0.680. The van der Waals surface area contributed by atoms with Crippen LogP contribution in [0.4, 0.5) is 0 Å². The maximum atomic E-state index is 12.4. The second-order valence-electron chi connectivity index (χ2n) is 5.55. The maximum absolute atomic E-state index is 12.4. The van der Waals surface area contributed by atoms with Crippen molar-refractivity contribution in [2.75, 3.05) is 7.11 Å². The summed E-state index contributed by atoms with van der Waals surface area (Å²) >= 11 is 0. The van der Waals surface area contributed by atoms with Crippen LogP contribution in [0.1, 0.15) is 36.1 Å². The van der Waals surface area contributed by atoms with Gasteiger partial charge in [-0.15, -0.1) is 0 Å². The van der Waals surface area contributed by atoms with Gasteiger partial charge in [0.25, 0.3) is 0 Å². The Morgan fingerprint density at radius 2 is 1.83 bits per heavy atom. The third kappa shape index (κ3) is 4.81. The van der Waals surface area contributed by atoms with E-state index in [9.17, 15) is 8.42 Å². The van der Waals surface area contributed by atoms with E-state index in [1.54, 1.807) is 7.11 Å². The zero-order valence-corrected chi connectivity index (χ0v) is 14.6. The van der Waals surface area contributed by atoms with Gasteiger partial charge in [-0.3, -0.25) is 0 Å². The van der Waals surface area contributed by atoms with E-state index >= 15 is 0 Å². The van der Waals surface area contributed by atoms with Gasteiger partial charge in [0.2, 0.25) is 10.0 Å². The zero-order valence-electron chi connectivity index (χ0n) is 13.7. The molecule has 0 aliphatic rings. The molecule has 2 rings (SSSR count). The molecule has 1 atom stereocenters. The lowest BCUT2D eigenvalue weighted by Gasteiger charge is -2.19. The molecule has 5 heteroatoms. The molecule has 0 aromatic heterocycles. The Morgan fingerprint density at radius 1 is 1.13 bits per heavy atom. The van der Waals surface area contributed by atoms with Gasteiger partial charge in [0.1, 0.15) is 5.75 Å². The summed E-state index contributed by atoms with van der Waals surface area (Å²) in [6.45, 7) is 3.92. The van der Waals surface area contributed by atoms with Crippen LogP contribution in [0.5, 0.6) is 5.75 Å². The van der Waals surface area contributed by atoms with Crippen molar-refractivity contribution < 1.29 is 13.2 Å². The van der Waals surface area contributed by atoms with E-state index in [-0.39, 0.29) is 11.8 Å². The molecule has 0 spiro atoms. The van der Waals surface area contributed by atoms with Crippen LogP contribution >= 0.6 is 0 Å². The van der Waals surface area contributed by atoms with Crippen molar-refractivity contribution in [3.63, 3.8) is 0 Å². The normalized spacial score (nSPS) is 12.8. The lowest BCUT2D eigenvalue weighted by Crippen LogP contribution is -2.29. The van der Waals surface area contributed by atoms with Crippen LogP contribution < -0.4 is 9.46 Å². The number of sulfonamides is 1. The van der Waals surface area contributed by atoms with Gasteiger partial charge in [0.15, 0.2) is 0 Å². The summed E-state index contributed by atoms with van der Waals surface area (Å²) in [5, 5.41) is 0. The molecule has 4 nitrogen and oxygen atoms in total. The molecular formula is C18H23NO3S. The van der Waals surface area contributed by atoms with E-state index in [1.165, 1.54) is 0 Å². The highest BCUT2D eigenvalue weighted by molar-refractivity contribution is 7.88. The van der Waals surface area contributed by atoms with Gasteiger partial charge < -0.3 is 4.74 Å². The lowest BCUT2D eigenvalue weighted by molar-refractivity contribution is 0.411. The van der Waals surface area contributed by atoms with E-state index in [0.717, 1.165) is 22.4 Å². The SMILES string of the molecule is CC[C@H](NS(=O)(=O)Cc1ccccc1)c1ccc(OC)c(C)c1. The molecule has 1 N–H and O–H groups in total. The minimum Gasteiger partial charge on any atom is -0.496 e. The zero-order chi connectivity index (χ0) is 16.9. The smallest absolute Gasteiger partial charge is 0.216 e. The van der Waals surface area contributed by atoms with E-state index in [0.29, 0.717) is 6.42 Å². The first kappa shape index (κ1) is 17.5. The van der Waals surface area contributed by atoms with Gasteiger partial charge in [-0.05, 0) is 36.1 Å². The topological polar surface area (TPSA) is 55.4 Å². The standard InChI is InChI=1S/C18H23NO3S/c1-4-17(16-10-11-18(22-3)14(2)12-16)19-23(20,21)13-15-8-6-5-7-9-15/h5-12,17,19H,4,13H2,1-3H3/t17-/m0/s1. The highest BCUT2D eigenvalue weighted by atomic mass is 32.2. The molecule has 0 aliphatic carbocycles. The van der Waals surface area contributed by atoms with E-state index in [2.05, 4.69) is 4.72 Å². The molecule has 0 saturated carbocycles. The van der Waals surface area contributed by atoms with Gasteiger partial charge in [-0.2, -0.15) is 0 Å². The van der Waals surface area contributed by atoms with E-state index in [4.69, 9.17) is 4.74 Å². The fraction of sp³-hybridized carbons (Fsp3) is 0.333. The van der Waals surface area contributed by atoms with Crippen molar-refractivity contribution in [3.8, 4) is 5.75 Å². The first-order chi connectivity index (χ1) is 10.9. The molecule has 2 aromatic carbocycles. The summed E-state index contributed by atoms with van der Waals surface area (Å²) in [6, 6.07) is 14.7. The molecule has 0 radical (unpaired) electrons. The quantitative estimate of drug-likeness (QED) is 0.843. The Morgan fingerprint density at radius 3 is 2.39 bits per heavy atom. The molecule has 23 heavy (non-hydrogen) atoms. The third-order valence-corrected chi connectivity index (χ3v) is 5.11. The third-order valence-electron chi connectivity index (χ3n) is 3.75. The molecule has 0 heterocycles. The molecule has 0 amide bonds. The largest absolute Gasteiger partial charge is 0.496 e. The number of nitrogens with one attached hydrogen (secondary N) is 1. The monoisotopic (exact) mass is 333 g/mol. The van der Waals surface area contributed by atoms with Crippen LogP contribution in [0.25, 0.3) is 0 Å². The van der Waals surface area contributed by atoms with E-state index < -0.39 is 10.0 Å². The average Bonchev–Trinajstić information content (AvgIpc) is 2.53. The van der Waals surface area contributed by atoms with Crippen molar-refractivity contribution >= 4 is 10.0 Å². The van der Waals surface area contributed by atoms with E-state index in [1.807, 2.05) is 62.4 Å². The lowest BCUT2D eigenvalue weighted by atomic mass is 10.0. The predicted octanol–water partition coefficient (Wildman–Crippen LogP) is 3.57. The van der Waals surface area contributed by atoms with Crippen molar-refractivity contribution in [1.82, 2.24) is 4.72 Å². The first-order valence-electron chi connectivity index (χ1n) is 7.63. The highest BCUT2D eigenvalue weighted by Crippen LogP contribution is 2.25. The fourth-order valence-corrected chi connectivity index (χ4v) is 4.01. The molecule has 0 saturated heterocycles. The summed E-state index contributed by atoms with van der Waals surface area (Å²) in [4.78, 5) is 0. The minimum absolute atomic E-state index is 0.0144. The number of methoxy groups -OCH3 is 1. The molecular weight excluding hydrogens is 310 g/mol. The summed E-state index contributed by atoms with van der Waals surface area (Å²) in [5.74, 6) is 0.787. The number of aryl methyl sites for hydroxylation is 1. The van der Waals surface area contributed by atoms with Gasteiger partial charge in [0, 0.05) is 6.04 Å². The number of ether oxygens (including phenoxy) is 1. The Balaban J connectivity index is 2.16. The van der Waals surface area contributed by atoms with Crippen molar-refractivity contribution in [2.24, 2.45) is 0 Å². The van der Waals surface area contributed by atoms with Crippen LogP contribution in [0.3, 0.4) is 0 Å². The molecule has 2 aromatic rings. The number of benzene rings is 2. The minimum atomic E-state index is -3.40. The van der Waals surface area contributed by atoms with Crippen molar-refractivity contribution in [2.45, 2.75) is 32.1 Å². The van der Waals surface area contributed by atoms with Gasteiger partial charge in [-0.1, -0.05) is 49.4 Å². The molecule has 124 valence electrons. The summed E-state index contributed by atoms with van der Waals surface area (Å²) < 4.78 is 32.9. The molecule has 0 unspecified atom stereocenters. The van der Waals surface area contributed by atoms with Gasteiger partial charge in [-0.25, -0.2) is 13.1 Å².